The van der Waals surface area contributed by atoms with Gasteiger partial charge in [-0.1, -0.05) is 58.3 Å². The molecule has 2 aromatic carbocycles. The van der Waals surface area contributed by atoms with Gasteiger partial charge in [0.15, 0.2) is 5.16 Å². The van der Waals surface area contributed by atoms with Gasteiger partial charge in [0.05, 0.1) is 11.4 Å². The highest BCUT2D eigenvalue weighted by Crippen LogP contribution is 2.27. The van der Waals surface area contributed by atoms with Gasteiger partial charge in [0.2, 0.25) is 11.7 Å². The van der Waals surface area contributed by atoms with E-state index in [0.717, 1.165) is 16.4 Å². The Bertz CT molecular complexity index is 1090. The Hall–Kier alpha value is -2.57. The average molecular weight is 397 g/mol. The summed E-state index contributed by atoms with van der Waals surface area (Å²) in [5.74, 6) is 1.62. The molecule has 2 aromatic heterocycles. The summed E-state index contributed by atoms with van der Waals surface area (Å²) >= 11 is 7.58. The van der Waals surface area contributed by atoms with Crippen molar-refractivity contribution in [1.29, 1.82) is 0 Å². The number of hydrogen-bond acceptors (Lipinski definition) is 5. The van der Waals surface area contributed by atoms with Gasteiger partial charge in [-0.3, -0.25) is 4.57 Å². The van der Waals surface area contributed by atoms with E-state index in [2.05, 4.69) is 51.7 Å². The Labute approximate surface area is 166 Å². The normalized spacial score (nSPS) is 11.1. The van der Waals surface area contributed by atoms with Gasteiger partial charge in [-0.15, -0.1) is 0 Å². The Morgan fingerprint density at radius 2 is 2.04 bits per heavy atom. The van der Waals surface area contributed by atoms with Crippen molar-refractivity contribution in [3.63, 3.8) is 0 Å². The fraction of sp³-hybridized carbons (Fsp3) is 0.150. The number of benzene rings is 2. The topological polar surface area (TPSA) is 56.7 Å². The molecule has 0 atom stereocenters. The molecule has 0 saturated heterocycles. The van der Waals surface area contributed by atoms with E-state index in [1.807, 2.05) is 30.5 Å². The van der Waals surface area contributed by atoms with Crippen molar-refractivity contribution in [1.82, 2.24) is 19.7 Å². The monoisotopic (exact) mass is 396 g/mol. The third-order valence-electron chi connectivity index (χ3n) is 4.09. The van der Waals surface area contributed by atoms with Crippen molar-refractivity contribution < 1.29 is 4.52 Å². The molecule has 5 nitrogen and oxygen atoms in total. The molecule has 0 unspecified atom stereocenters. The number of imidazole rings is 1. The summed E-state index contributed by atoms with van der Waals surface area (Å²) in [5.41, 5.74) is 4.39. The van der Waals surface area contributed by atoms with Gasteiger partial charge >= 0.3 is 0 Å². The molecule has 0 amide bonds. The van der Waals surface area contributed by atoms with Crippen LogP contribution in [0.25, 0.3) is 17.1 Å². The van der Waals surface area contributed by atoms with Crippen molar-refractivity contribution in [3.05, 3.63) is 76.9 Å². The molecular weight excluding hydrogens is 380 g/mol. The molecule has 4 rings (SSSR count). The zero-order chi connectivity index (χ0) is 18.8. The smallest absolute Gasteiger partial charge is 0.237 e. The number of aromatic nitrogens is 4. The van der Waals surface area contributed by atoms with Crippen LogP contribution in [0, 0.1) is 13.8 Å². The number of aryl methyl sites for hydroxylation is 2. The Morgan fingerprint density at radius 3 is 2.85 bits per heavy atom. The number of nitrogens with zero attached hydrogens (tertiary/aromatic N) is 4. The summed E-state index contributed by atoms with van der Waals surface area (Å²) in [5, 5.41) is 5.57. The summed E-state index contributed by atoms with van der Waals surface area (Å²) in [6.45, 7) is 4.19. The molecule has 0 spiro atoms. The van der Waals surface area contributed by atoms with Gasteiger partial charge in [-0.25, -0.2) is 4.98 Å². The van der Waals surface area contributed by atoms with Crippen LogP contribution in [0.2, 0.25) is 5.02 Å². The van der Waals surface area contributed by atoms with Crippen LogP contribution >= 0.6 is 23.4 Å². The zero-order valence-corrected chi connectivity index (χ0v) is 16.5. The molecule has 136 valence electrons. The maximum Gasteiger partial charge on any atom is 0.237 e. The third kappa shape index (κ3) is 3.91. The maximum absolute atomic E-state index is 6.03. The van der Waals surface area contributed by atoms with Crippen molar-refractivity contribution in [2.45, 2.75) is 24.8 Å². The summed E-state index contributed by atoms with van der Waals surface area (Å²) in [7, 11) is 0. The van der Waals surface area contributed by atoms with E-state index in [4.69, 9.17) is 16.1 Å². The summed E-state index contributed by atoms with van der Waals surface area (Å²) in [4.78, 5) is 8.92. The first-order chi connectivity index (χ1) is 13.1. The predicted molar refractivity (Wildman–Crippen MR) is 107 cm³/mol. The number of halogens is 1. The van der Waals surface area contributed by atoms with Crippen molar-refractivity contribution in [2.75, 3.05) is 0 Å². The third-order valence-corrected chi connectivity index (χ3v) is 5.28. The van der Waals surface area contributed by atoms with E-state index in [1.54, 1.807) is 18.0 Å². The lowest BCUT2D eigenvalue weighted by Crippen LogP contribution is -1.98. The lowest BCUT2D eigenvalue weighted by Gasteiger charge is -2.10. The maximum atomic E-state index is 6.03. The Kier molecular flexibility index (Phi) is 5.01. The second-order valence-corrected chi connectivity index (χ2v) is 7.56. The first-order valence-electron chi connectivity index (χ1n) is 8.42. The SMILES string of the molecule is Cc1ccc(-n2ccnc2SCc2nc(-c3cccc(Cl)c3)no2)c(C)c1. The largest absolute Gasteiger partial charge is 0.338 e. The molecule has 0 aliphatic heterocycles. The average Bonchev–Trinajstić information content (AvgIpc) is 3.29. The van der Waals surface area contributed by atoms with E-state index in [-0.39, 0.29) is 0 Å². The Morgan fingerprint density at radius 1 is 1.15 bits per heavy atom. The highest BCUT2D eigenvalue weighted by Gasteiger charge is 2.13. The van der Waals surface area contributed by atoms with Crippen LogP contribution in [0.3, 0.4) is 0 Å². The van der Waals surface area contributed by atoms with E-state index in [0.29, 0.717) is 22.5 Å². The van der Waals surface area contributed by atoms with E-state index >= 15 is 0 Å². The van der Waals surface area contributed by atoms with Crippen LogP contribution < -0.4 is 0 Å². The first-order valence-corrected chi connectivity index (χ1v) is 9.79. The van der Waals surface area contributed by atoms with E-state index in [1.165, 1.54) is 11.1 Å². The molecule has 0 N–H and O–H groups in total. The van der Waals surface area contributed by atoms with Gasteiger partial charge in [-0.2, -0.15) is 4.98 Å². The van der Waals surface area contributed by atoms with Gasteiger partial charge in [-0.05, 0) is 37.6 Å². The number of hydrogen-bond donors (Lipinski definition) is 0. The molecule has 0 fully saturated rings. The highest BCUT2D eigenvalue weighted by molar-refractivity contribution is 7.98. The molecule has 0 aliphatic rings. The minimum absolute atomic E-state index is 0.533. The van der Waals surface area contributed by atoms with Crippen molar-refractivity contribution in [3.8, 4) is 17.1 Å². The van der Waals surface area contributed by atoms with Crippen molar-refractivity contribution >= 4 is 23.4 Å². The zero-order valence-electron chi connectivity index (χ0n) is 14.9. The van der Waals surface area contributed by atoms with E-state index in [9.17, 15) is 0 Å². The lowest BCUT2D eigenvalue weighted by molar-refractivity contribution is 0.391. The second kappa shape index (κ2) is 7.58. The fourth-order valence-electron chi connectivity index (χ4n) is 2.84. The van der Waals surface area contributed by atoms with Crippen LogP contribution in [0.15, 0.2) is 64.5 Å². The first kappa shape index (κ1) is 17.8. The number of thioether (sulfide) groups is 1. The van der Waals surface area contributed by atoms with Crippen LogP contribution in [0.5, 0.6) is 0 Å². The summed E-state index contributed by atoms with van der Waals surface area (Å²) in [6, 6.07) is 13.8. The second-order valence-electron chi connectivity index (χ2n) is 6.18. The minimum Gasteiger partial charge on any atom is -0.338 e. The highest BCUT2D eigenvalue weighted by atomic mass is 35.5. The summed E-state index contributed by atoms with van der Waals surface area (Å²) in [6.07, 6.45) is 3.76. The lowest BCUT2D eigenvalue weighted by atomic mass is 10.1. The van der Waals surface area contributed by atoms with E-state index < -0.39 is 0 Å². The molecule has 0 bridgehead atoms. The predicted octanol–water partition coefficient (Wildman–Crippen LogP) is 5.48. The molecule has 0 aliphatic carbocycles. The van der Waals surface area contributed by atoms with Gasteiger partial charge in [0.1, 0.15) is 0 Å². The molecule has 27 heavy (non-hydrogen) atoms. The fourth-order valence-corrected chi connectivity index (χ4v) is 3.83. The van der Waals surface area contributed by atoms with Gasteiger partial charge in [0, 0.05) is 23.0 Å². The van der Waals surface area contributed by atoms with Crippen LogP contribution in [0.4, 0.5) is 0 Å². The summed E-state index contributed by atoms with van der Waals surface area (Å²) < 4.78 is 7.46. The standard InChI is InChI=1S/C20H17ClN4OS/c1-13-6-7-17(14(2)10-13)25-9-8-22-20(25)27-12-18-23-19(24-26-18)15-4-3-5-16(21)11-15/h3-11H,12H2,1-2H3. The molecule has 4 aromatic rings. The quantitative estimate of drug-likeness (QED) is 0.418. The minimum atomic E-state index is 0.533. The molecule has 0 radical (unpaired) electrons. The Balaban J connectivity index is 1.51. The van der Waals surface area contributed by atoms with Crippen LogP contribution in [0.1, 0.15) is 17.0 Å². The number of rotatable bonds is 5. The molecule has 2 heterocycles. The van der Waals surface area contributed by atoms with Gasteiger partial charge < -0.3 is 4.52 Å². The van der Waals surface area contributed by atoms with Crippen molar-refractivity contribution in [2.24, 2.45) is 0 Å². The molecule has 0 saturated carbocycles. The molecular formula is C20H17ClN4OS. The van der Waals surface area contributed by atoms with Gasteiger partial charge in [0.25, 0.3) is 0 Å². The van der Waals surface area contributed by atoms with Crippen LogP contribution in [-0.2, 0) is 5.75 Å². The van der Waals surface area contributed by atoms with Crippen LogP contribution in [-0.4, -0.2) is 19.7 Å². The molecule has 7 heteroatoms.